The van der Waals surface area contributed by atoms with Gasteiger partial charge in [0.25, 0.3) is 0 Å². The van der Waals surface area contributed by atoms with E-state index in [1.54, 1.807) is 31.6 Å². The summed E-state index contributed by atoms with van der Waals surface area (Å²) in [6.45, 7) is 6.11. The topological polar surface area (TPSA) is 79.9 Å². The summed E-state index contributed by atoms with van der Waals surface area (Å²) < 4.78 is 20.6. The van der Waals surface area contributed by atoms with Gasteiger partial charge in [0.1, 0.15) is 11.4 Å². The first-order chi connectivity index (χ1) is 11.3. The molecule has 0 unspecified atom stereocenters. The smallest absolute Gasteiger partial charge is 0.407 e. The summed E-state index contributed by atoms with van der Waals surface area (Å²) in [5.74, 6) is -0.416. The van der Waals surface area contributed by atoms with E-state index in [1.165, 1.54) is 24.4 Å². The van der Waals surface area contributed by atoms with Gasteiger partial charge in [-0.2, -0.15) is 10.4 Å². The lowest BCUT2D eigenvalue weighted by Crippen LogP contribution is -2.34. The van der Waals surface area contributed by atoms with Gasteiger partial charge >= 0.3 is 6.09 Å². The number of aromatic nitrogens is 2. The summed E-state index contributed by atoms with van der Waals surface area (Å²) in [4.78, 5) is 11.5. The number of nitrogens with zero attached hydrogens (tertiary/aromatic N) is 3. The second kappa shape index (κ2) is 7.13. The lowest BCUT2D eigenvalue weighted by atomic mass is 10.1. The first-order valence-corrected chi connectivity index (χ1v) is 7.48. The van der Waals surface area contributed by atoms with E-state index in [0.29, 0.717) is 29.8 Å². The van der Waals surface area contributed by atoms with Crippen molar-refractivity contribution in [2.24, 2.45) is 0 Å². The van der Waals surface area contributed by atoms with E-state index in [1.807, 2.05) is 6.07 Å². The predicted octanol–water partition coefficient (Wildman–Crippen LogP) is 3.09. The number of amides is 1. The first kappa shape index (κ1) is 17.5. The molecule has 0 atom stereocenters. The molecule has 2 rings (SSSR count). The molecule has 1 heterocycles. The minimum atomic E-state index is -0.549. The molecule has 24 heavy (non-hydrogen) atoms. The molecule has 0 bridgehead atoms. The van der Waals surface area contributed by atoms with E-state index in [9.17, 15) is 9.18 Å². The van der Waals surface area contributed by atoms with Crippen LogP contribution in [-0.4, -0.2) is 28.0 Å². The molecular formula is C17H19FN4O2. The van der Waals surface area contributed by atoms with Crippen molar-refractivity contribution in [1.82, 2.24) is 15.1 Å². The highest BCUT2D eigenvalue weighted by Crippen LogP contribution is 2.23. The third-order valence-corrected chi connectivity index (χ3v) is 3.05. The molecule has 126 valence electrons. The minimum Gasteiger partial charge on any atom is -0.444 e. The molecule has 1 aromatic heterocycles. The highest BCUT2D eigenvalue weighted by molar-refractivity contribution is 5.67. The largest absolute Gasteiger partial charge is 0.444 e. The molecule has 0 spiro atoms. The van der Waals surface area contributed by atoms with Gasteiger partial charge in [-0.3, -0.25) is 4.68 Å². The number of ether oxygens (including phenoxy) is 1. The number of hydrogen-bond donors (Lipinski definition) is 1. The Hall–Kier alpha value is -2.88. The van der Waals surface area contributed by atoms with Crippen LogP contribution in [0.1, 0.15) is 26.3 Å². The van der Waals surface area contributed by atoms with Crippen LogP contribution in [0.3, 0.4) is 0 Å². The summed E-state index contributed by atoms with van der Waals surface area (Å²) >= 11 is 0. The number of benzene rings is 1. The fourth-order valence-electron chi connectivity index (χ4n) is 2.03. The number of halogens is 1. The maximum absolute atomic E-state index is 13.9. The van der Waals surface area contributed by atoms with Crippen LogP contribution in [0.25, 0.3) is 11.1 Å². The molecule has 7 heteroatoms. The molecule has 1 N–H and O–H groups in total. The molecule has 6 nitrogen and oxygen atoms in total. The van der Waals surface area contributed by atoms with Crippen LogP contribution in [0.2, 0.25) is 0 Å². The zero-order valence-electron chi connectivity index (χ0n) is 13.8. The quantitative estimate of drug-likeness (QED) is 0.934. The Morgan fingerprint density at radius 2 is 2.21 bits per heavy atom. The van der Waals surface area contributed by atoms with Crippen molar-refractivity contribution in [3.05, 3.63) is 42.0 Å². The van der Waals surface area contributed by atoms with Gasteiger partial charge in [0.2, 0.25) is 0 Å². The van der Waals surface area contributed by atoms with Gasteiger partial charge in [0.15, 0.2) is 0 Å². The summed E-state index contributed by atoms with van der Waals surface area (Å²) in [6.07, 6.45) is 2.69. The summed E-state index contributed by atoms with van der Waals surface area (Å²) in [6, 6.07) is 6.15. The first-order valence-electron chi connectivity index (χ1n) is 7.48. The van der Waals surface area contributed by atoms with Crippen molar-refractivity contribution < 1.29 is 13.9 Å². The van der Waals surface area contributed by atoms with Crippen LogP contribution >= 0.6 is 0 Å². The van der Waals surface area contributed by atoms with Gasteiger partial charge < -0.3 is 10.1 Å². The highest BCUT2D eigenvalue weighted by atomic mass is 19.1. The second-order valence-electron chi connectivity index (χ2n) is 6.23. The third-order valence-electron chi connectivity index (χ3n) is 3.05. The predicted molar refractivity (Wildman–Crippen MR) is 86.6 cm³/mol. The Labute approximate surface area is 139 Å². The number of carbonyl (C=O) groups excluding carboxylic acids is 1. The molecule has 0 radical (unpaired) electrons. The Kier molecular flexibility index (Phi) is 5.19. The molecule has 0 saturated carbocycles. The van der Waals surface area contributed by atoms with Crippen molar-refractivity contribution >= 4 is 6.09 Å². The van der Waals surface area contributed by atoms with Crippen molar-refractivity contribution in [2.45, 2.75) is 32.9 Å². The van der Waals surface area contributed by atoms with Gasteiger partial charge in [0.05, 0.1) is 24.4 Å². The molecule has 0 fully saturated rings. The fraction of sp³-hybridized carbons (Fsp3) is 0.353. The number of rotatable bonds is 4. The lowest BCUT2D eigenvalue weighted by molar-refractivity contribution is 0.0525. The minimum absolute atomic E-state index is 0.320. The van der Waals surface area contributed by atoms with Crippen molar-refractivity contribution in [1.29, 1.82) is 5.26 Å². The van der Waals surface area contributed by atoms with Crippen LogP contribution in [0, 0.1) is 17.1 Å². The third kappa shape index (κ3) is 4.81. The Bertz CT molecular complexity index is 772. The van der Waals surface area contributed by atoms with Crippen LogP contribution in [0.5, 0.6) is 0 Å². The van der Waals surface area contributed by atoms with Crippen LogP contribution in [0.4, 0.5) is 9.18 Å². The SMILES string of the molecule is CC(C)(C)OC(=O)NCCn1cc(-c2cc(C#N)ccc2F)cn1. The number of alkyl carbamates (subject to hydrolysis) is 1. The highest BCUT2D eigenvalue weighted by Gasteiger charge is 2.15. The van der Waals surface area contributed by atoms with E-state index >= 15 is 0 Å². The van der Waals surface area contributed by atoms with Crippen LogP contribution in [-0.2, 0) is 11.3 Å². The zero-order valence-corrected chi connectivity index (χ0v) is 13.8. The standard InChI is InChI=1S/C17H19FN4O2/c1-17(2,3)24-16(23)20-6-7-22-11-13(10-21-22)14-8-12(9-19)4-5-15(14)18/h4-5,8,10-11H,6-7H2,1-3H3,(H,20,23). The van der Waals surface area contributed by atoms with Gasteiger partial charge in [-0.05, 0) is 39.0 Å². The monoisotopic (exact) mass is 330 g/mol. The van der Waals surface area contributed by atoms with Crippen LogP contribution < -0.4 is 5.32 Å². The maximum atomic E-state index is 13.9. The molecule has 0 aliphatic carbocycles. The van der Waals surface area contributed by atoms with E-state index in [4.69, 9.17) is 10.00 Å². The molecule has 0 saturated heterocycles. The van der Waals surface area contributed by atoms with Gasteiger partial charge in [-0.15, -0.1) is 0 Å². The average molecular weight is 330 g/mol. The number of carbonyl (C=O) groups is 1. The van der Waals surface area contributed by atoms with E-state index in [2.05, 4.69) is 10.4 Å². The Morgan fingerprint density at radius 1 is 1.46 bits per heavy atom. The van der Waals surface area contributed by atoms with E-state index in [-0.39, 0.29) is 0 Å². The number of nitriles is 1. The van der Waals surface area contributed by atoms with Gasteiger partial charge in [-0.1, -0.05) is 0 Å². The molecule has 2 aromatic rings. The van der Waals surface area contributed by atoms with Crippen molar-refractivity contribution in [2.75, 3.05) is 6.54 Å². The lowest BCUT2D eigenvalue weighted by Gasteiger charge is -2.19. The normalized spacial score (nSPS) is 11.0. The molecular weight excluding hydrogens is 311 g/mol. The molecule has 1 amide bonds. The van der Waals surface area contributed by atoms with Crippen LogP contribution in [0.15, 0.2) is 30.6 Å². The summed E-state index contributed by atoms with van der Waals surface area (Å²) in [5, 5.41) is 15.7. The maximum Gasteiger partial charge on any atom is 0.407 e. The summed E-state index contributed by atoms with van der Waals surface area (Å²) in [7, 11) is 0. The Morgan fingerprint density at radius 3 is 2.88 bits per heavy atom. The van der Waals surface area contributed by atoms with Gasteiger partial charge in [0, 0.05) is 23.9 Å². The fourth-order valence-corrected chi connectivity index (χ4v) is 2.03. The summed E-state index contributed by atoms with van der Waals surface area (Å²) in [5.41, 5.74) is 0.722. The van der Waals surface area contributed by atoms with Crippen molar-refractivity contribution in [3.8, 4) is 17.2 Å². The molecule has 0 aliphatic rings. The number of hydrogen-bond acceptors (Lipinski definition) is 4. The average Bonchev–Trinajstić information content (AvgIpc) is 2.94. The Balaban J connectivity index is 1.97. The number of nitrogens with one attached hydrogen (secondary N) is 1. The van der Waals surface area contributed by atoms with E-state index < -0.39 is 17.5 Å². The van der Waals surface area contributed by atoms with Crippen molar-refractivity contribution in [3.63, 3.8) is 0 Å². The molecule has 0 aliphatic heterocycles. The van der Waals surface area contributed by atoms with E-state index in [0.717, 1.165) is 0 Å². The molecule has 1 aromatic carbocycles. The van der Waals surface area contributed by atoms with Gasteiger partial charge in [-0.25, -0.2) is 9.18 Å². The second-order valence-corrected chi connectivity index (χ2v) is 6.23. The zero-order chi connectivity index (χ0) is 17.7.